The second kappa shape index (κ2) is 3.83. The fraction of sp³-hybridized carbons (Fsp3) is 0.667. The van der Waals surface area contributed by atoms with Gasteiger partial charge in [-0.1, -0.05) is 6.58 Å². The van der Waals surface area contributed by atoms with Crippen molar-refractivity contribution in [3.8, 4) is 0 Å². The molecule has 0 aromatic rings. The van der Waals surface area contributed by atoms with Crippen LogP contribution in [0.5, 0.6) is 0 Å². The predicted octanol–water partition coefficient (Wildman–Crippen LogP) is 0.462. The van der Waals surface area contributed by atoms with Crippen LogP contribution in [0.3, 0.4) is 0 Å². The predicted molar refractivity (Wildman–Crippen MR) is 47.1 cm³/mol. The van der Waals surface area contributed by atoms with Gasteiger partial charge in [-0.15, -0.1) is 0 Å². The Bertz CT molecular complexity index is 201. The molecule has 1 unspecified atom stereocenters. The van der Waals surface area contributed by atoms with Crippen molar-refractivity contribution in [1.29, 1.82) is 0 Å². The summed E-state index contributed by atoms with van der Waals surface area (Å²) in [6.07, 6.45) is -0.291. The van der Waals surface area contributed by atoms with Gasteiger partial charge >= 0.3 is 0 Å². The molecule has 1 atom stereocenters. The molecule has 0 aromatic carbocycles. The largest absolute Gasteiger partial charge is 0.367 e. The molecule has 0 bridgehead atoms. The number of rotatable bonds is 2. The minimum absolute atomic E-state index is 0.0292. The zero-order valence-electron chi connectivity index (χ0n) is 7.67. The number of hydrogen-bond donors (Lipinski definition) is 0. The van der Waals surface area contributed by atoms with Crippen molar-refractivity contribution in [3.63, 3.8) is 0 Å². The fourth-order valence-electron chi connectivity index (χ4n) is 1.21. The molecule has 0 N–H and O–H groups in total. The molecular formula is C9H15NO2. The lowest BCUT2D eigenvalue weighted by Gasteiger charge is -2.28. The smallest absolute Gasteiger partial charge is 0.187 e. The van der Waals surface area contributed by atoms with Gasteiger partial charge in [0.25, 0.3) is 0 Å². The van der Waals surface area contributed by atoms with E-state index in [2.05, 4.69) is 11.5 Å². The summed E-state index contributed by atoms with van der Waals surface area (Å²) in [4.78, 5) is 13.5. The number of ether oxygens (including phenoxy) is 1. The Labute approximate surface area is 73.0 Å². The van der Waals surface area contributed by atoms with E-state index < -0.39 is 0 Å². The van der Waals surface area contributed by atoms with E-state index in [0.717, 1.165) is 6.54 Å². The van der Waals surface area contributed by atoms with Crippen molar-refractivity contribution in [2.75, 3.05) is 26.7 Å². The van der Waals surface area contributed by atoms with Gasteiger partial charge in [0.15, 0.2) is 5.78 Å². The van der Waals surface area contributed by atoms with Crippen LogP contribution in [0.2, 0.25) is 0 Å². The van der Waals surface area contributed by atoms with Crippen LogP contribution in [0.4, 0.5) is 0 Å². The van der Waals surface area contributed by atoms with Crippen LogP contribution in [0.25, 0.3) is 0 Å². The second-order valence-corrected chi connectivity index (χ2v) is 3.27. The van der Waals surface area contributed by atoms with Crippen LogP contribution in [0.1, 0.15) is 6.92 Å². The number of likely N-dealkylation sites (N-methyl/N-ethyl adjacent to an activating group) is 1. The first-order chi connectivity index (χ1) is 5.61. The van der Waals surface area contributed by atoms with Crippen LogP contribution in [0, 0.1) is 0 Å². The SMILES string of the molecule is C=C(C)C(=O)C1CN(C)CCO1. The highest BCUT2D eigenvalue weighted by atomic mass is 16.5. The summed E-state index contributed by atoms with van der Waals surface area (Å²) in [6.45, 7) is 7.56. The maximum Gasteiger partial charge on any atom is 0.187 e. The van der Waals surface area contributed by atoms with Crippen molar-refractivity contribution in [2.24, 2.45) is 0 Å². The molecule has 12 heavy (non-hydrogen) atoms. The zero-order valence-corrected chi connectivity index (χ0v) is 7.67. The van der Waals surface area contributed by atoms with E-state index in [1.54, 1.807) is 6.92 Å². The van der Waals surface area contributed by atoms with Crippen molar-refractivity contribution in [1.82, 2.24) is 4.90 Å². The number of nitrogens with zero attached hydrogens (tertiary/aromatic N) is 1. The Morgan fingerprint density at radius 3 is 2.83 bits per heavy atom. The van der Waals surface area contributed by atoms with E-state index in [-0.39, 0.29) is 11.9 Å². The first kappa shape index (κ1) is 9.42. The maximum absolute atomic E-state index is 11.4. The Hall–Kier alpha value is -0.670. The van der Waals surface area contributed by atoms with Crippen molar-refractivity contribution < 1.29 is 9.53 Å². The highest BCUT2D eigenvalue weighted by Gasteiger charge is 2.24. The summed E-state index contributed by atoms with van der Waals surface area (Å²) in [7, 11) is 1.99. The first-order valence-corrected chi connectivity index (χ1v) is 4.11. The van der Waals surface area contributed by atoms with E-state index in [1.165, 1.54) is 0 Å². The molecule has 1 aliphatic rings. The van der Waals surface area contributed by atoms with E-state index in [1.807, 2.05) is 7.05 Å². The summed E-state index contributed by atoms with van der Waals surface area (Å²) >= 11 is 0. The number of carbonyl (C=O) groups excluding carboxylic acids is 1. The van der Waals surface area contributed by atoms with Gasteiger partial charge in [0.1, 0.15) is 6.10 Å². The minimum Gasteiger partial charge on any atom is -0.367 e. The van der Waals surface area contributed by atoms with E-state index in [4.69, 9.17) is 4.74 Å². The topological polar surface area (TPSA) is 29.5 Å². The quantitative estimate of drug-likeness (QED) is 0.562. The molecule has 0 amide bonds. The molecule has 3 heteroatoms. The first-order valence-electron chi connectivity index (χ1n) is 4.11. The molecule has 1 aliphatic heterocycles. The van der Waals surface area contributed by atoms with Crippen molar-refractivity contribution >= 4 is 5.78 Å². The molecule has 0 spiro atoms. The Balaban J connectivity index is 2.51. The lowest BCUT2D eigenvalue weighted by Crippen LogP contribution is -2.44. The third-order valence-electron chi connectivity index (χ3n) is 1.98. The van der Waals surface area contributed by atoms with Gasteiger partial charge < -0.3 is 9.64 Å². The van der Waals surface area contributed by atoms with Gasteiger partial charge in [-0.3, -0.25) is 4.79 Å². The van der Waals surface area contributed by atoms with Crippen LogP contribution in [0.15, 0.2) is 12.2 Å². The monoisotopic (exact) mass is 169 g/mol. The zero-order chi connectivity index (χ0) is 9.14. The molecule has 3 nitrogen and oxygen atoms in total. The standard InChI is InChI=1S/C9H15NO2/c1-7(2)9(11)8-6-10(3)4-5-12-8/h8H,1,4-6H2,2-3H3. The lowest BCUT2D eigenvalue weighted by molar-refractivity contribution is -0.131. The maximum atomic E-state index is 11.4. The normalized spacial score (nSPS) is 25.3. The lowest BCUT2D eigenvalue weighted by atomic mass is 10.1. The Morgan fingerprint density at radius 2 is 2.33 bits per heavy atom. The third-order valence-corrected chi connectivity index (χ3v) is 1.98. The molecule has 0 radical (unpaired) electrons. The number of Topliss-reactive ketones (excluding diaryl/α,β-unsaturated/α-hetero) is 1. The summed E-state index contributed by atoms with van der Waals surface area (Å²) < 4.78 is 5.32. The van der Waals surface area contributed by atoms with E-state index in [0.29, 0.717) is 18.7 Å². The number of hydrogen-bond acceptors (Lipinski definition) is 3. The average Bonchev–Trinajstić information content (AvgIpc) is 2.03. The number of ketones is 1. The van der Waals surface area contributed by atoms with Crippen molar-refractivity contribution in [3.05, 3.63) is 12.2 Å². The van der Waals surface area contributed by atoms with Gasteiger partial charge in [-0.05, 0) is 19.5 Å². The molecule has 0 aliphatic carbocycles. The van der Waals surface area contributed by atoms with Gasteiger partial charge in [0.2, 0.25) is 0 Å². The Kier molecular flexibility index (Phi) is 3.00. The molecule has 1 saturated heterocycles. The third kappa shape index (κ3) is 2.16. The van der Waals surface area contributed by atoms with E-state index >= 15 is 0 Å². The number of carbonyl (C=O) groups is 1. The minimum atomic E-state index is -0.291. The molecule has 0 aromatic heterocycles. The summed E-state index contributed by atoms with van der Waals surface area (Å²) in [6, 6.07) is 0. The van der Waals surface area contributed by atoms with Crippen LogP contribution in [-0.4, -0.2) is 43.5 Å². The molecule has 1 rings (SSSR count). The number of morpholine rings is 1. The molecule has 1 heterocycles. The van der Waals surface area contributed by atoms with E-state index in [9.17, 15) is 4.79 Å². The highest BCUT2D eigenvalue weighted by Crippen LogP contribution is 2.07. The summed E-state index contributed by atoms with van der Waals surface area (Å²) in [5.74, 6) is 0.0292. The van der Waals surface area contributed by atoms with Gasteiger partial charge in [-0.2, -0.15) is 0 Å². The average molecular weight is 169 g/mol. The fourth-order valence-corrected chi connectivity index (χ4v) is 1.21. The van der Waals surface area contributed by atoms with Crippen LogP contribution < -0.4 is 0 Å². The van der Waals surface area contributed by atoms with Crippen molar-refractivity contribution in [2.45, 2.75) is 13.0 Å². The van der Waals surface area contributed by atoms with Gasteiger partial charge in [0.05, 0.1) is 6.61 Å². The highest BCUT2D eigenvalue weighted by molar-refractivity contribution is 5.97. The van der Waals surface area contributed by atoms with Crippen LogP contribution >= 0.6 is 0 Å². The Morgan fingerprint density at radius 1 is 1.67 bits per heavy atom. The summed E-state index contributed by atoms with van der Waals surface area (Å²) in [5.41, 5.74) is 0.579. The summed E-state index contributed by atoms with van der Waals surface area (Å²) in [5, 5.41) is 0. The molecular weight excluding hydrogens is 154 g/mol. The molecule has 68 valence electrons. The second-order valence-electron chi connectivity index (χ2n) is 3.27. The molecule has 1 fully saturated rings. The van der Waals surface area contributed by atoms with Gasteiger partial charge in [0, 0.05) is 13.1 Å². The molecule has 0 saturated carbocycles. The van der Waals surface area contributed by atoms with Crippen LogP contribution in [-0.2, 0) is 9.53 Å². The van der Waals surface area contributed by atoms with Gasteiger partial charge in [-0.25, -0.2) is 0 Å².